The Morgan fingerprint density at radius 2 is 2.31 bits per heavy atom. The van der Waals surface area contributed by atoms with Gasteiger partial charge >= 0.3 is 4.87 Å². The zero-order valence-electron chi connectivity index (χ0n) is 8.33. The maximum absolute atomic E-state index is 11.3. The summed E-state index contributed by atoms with van der Waals surface area (Å²) < 4.78 is 1.81. The van der Waals surface area contributed by atoms with E-state index >= 15 is 0 Å². The molecule has 13 heavy (non-hydrogen) atoms. The Hall–Kier alpha value is -0.610. The standard InChI is InChI=1S/C9H16N2OS/c1-7(2)10-4-5-11-8(3)6-13-9(11)12/h6-7,10H,4-5H2,1-3H3. The molecule has 0 atom stereocenters. The number of nitrogens with one attached hydrogen (secondary N) is 1. The highest BCUT2D eigenvalue weighted by molar-refractivity contribution is 7.07. The summed E-state index contributed by atoms with van der Waals surface area (Å²) in [6, 6.07) is 0.481. The average molecular weight is 200 g/mol. The third-order valence-corrected chi connectivity index (χ3v) is 2.75. The van der Waals surface area contributed by atoms with E-state index in [9.17, 15) is 4.79 Å². The molecule has 1 N–H and O–H groups in total. The summed E-state index contributed by atoms with van der Waals surface area (Å²) in [7, 11) is 0. The van der Waals surface area contributed by atoms with E-state index in [1.54, 1.807) is 4.57 Å². The Labute approximate surface area is 82.4 Å². The van der Waals surface area contributed by atoms with Gasteiger partial charge in [-0.1, -0.05) is 25.2 Å². The SMILES string of the molecule is Cc1csc(=O)n1CCNC(C)C. The average Bonchev–Trinajstić information content (AvgIpc) is 2.34. The van der Waals surface area contributed by atoms with Gasteiger partial charge in [-0.3, -0.25) is 4.79 Å². The van der Waals surface area contributed by atoms with Crippen LogP contribution in [0.1, 0.15) is 19.5 Å². The van der Waals surface area contributed by atoms with Crippen molar-refractivity contribution in [1.29, 1.82) is 0 Å². The van der Waals surface area contributed by atoms with Crippen LogP contribution in [0.15, 0.2) is 10.2 Å². The minimum absolute atomic E-state index is 0.142. The van der Waals surface area contributed by atoms with Gasteiger partial charge in [0.1, 0.15) is 0 Å². The van der Waals surface area contributed by atoms with E-state index in [1.807, 2.05) is 12.3 Å². The quantitative estimate of drug-likeness (QED) is 0.793. The van der Waals surface area contributed by atoms with Gasteiger partial charge in [0.15, 0.2) is 0 Å². The van der Waals surface area contributed by atoms with Crippen molar-refractivity contribution in [3.05, 3.63) is 20.7 Å². The van der Waals surface area contributed by atoms with Crippen LogP contribution >= 0.6 is 11.3 Å². The highest BCUT2D eigenvalue weighted by Crippen LogP contribution is 1.98. The smallest absolute Gasteiger partial charge is 0.307 e. The van der Waals surface area contributed by atoms with Crippen molar-refractivity contribution in [3.8, 4) is 0 Å². The fraction of sp³-hybridized carbons (Fsp3) is 0.667. The minimum atomic E-state index is 0.142. The van der Waals surface area contributed by atoms with Crippen LogP contribution in [0.5, 0.6) is 0 Å². The summed E-state index contributed by atoms with van der Waals surface area (Å²) in [6.07, 6.45) is 0. The molecule has 0 bridgehead atoms. The molecule has 0 saturated carbocycles. The first kappa shape index (κ1) is 10.5. The predicted molar refractivity (Wildman–Crippen MR) is 56.5 cm³/mol. The first-order valence-electron chi connectivity index (χ1n) is 4.49. The van der Waals surface area contributed by atoms with E-state index in [4.69, 9.17) is 0 Å². The molecule has 0 aliphatic heterocycles. The van der Waals surface area contributed by atoms with E-state index in [0.29, 0.717) is 6.04 Å². The van der Waals surface area contributed by atoms with Gasteiger partial charge in [0, 0.05) is 30.2 Å². The number of aryl methyl sites for hydroxylation is 1. The van der Waals surface area contributed by atoms with Gasteiger partial charge in [-0.25, -0.2) is 0 Å². The number of rotatable bonds is 4. The lowest BCUT2D eigenvalue weighted by Crippen LogP contribution is -2.29. The molecule has 1 heterocycles. The molecular weight excluding hydrogens is 184 g/mol. The van der Waals surface area contributed by atoms with E-state index in [2.05, 4.69) is 19.2 Å². The van der Waals surface area contributed by atoms with E-state index in [0.717, 1.165) is 18.8 Å². The summed E-state index contributed by atoms with van der Waals surface area (Å²) in [5, 5.41) is 5.18. The number of aromatic nitrogens is 1. The third-order valence-electron chi connectivity index (χ3n) is 1.86. The molecule has 0 aliphatic carbocycles. The van der Waals surface area contributed by atoms with Crippen LogP contribution in [0.2, 0.25) is 0 Å². The van der Waals surface area contributed by atoms with Crippen LogP contribution in [0.3, 0.4) is 0 Å². The second-order valence-corrected chi connectivity index (χ2v) is 4.22. The lowest BCUT2D eigenvalue weighted by molar-refractivity contribution is 0.533. The Bertz CT molecular complexity index is 314. The lowest BCUT2D eigenvalue weighted by Gasteiger charge is -2.08. The van der Waals surface area contributed by atoms with Gasteiger partial charge in [0.05, 0.1) is 0 Å². The molecule has 0 saturated heterocycles. The van der Waals surface area contributed by atoms with Crippen LogP contribution in [0.4, 0.5) is 0 Å². The molecule has 0 unspecified atom stereocenters. The molecule has 0 amide bonds. The Kier molecular flexibility index (Phi) is 3.69. The lowest BCUT2D eigenvalue weighted by atomic mass is 10.4. The third kappa shape index (κ3) is 2.97. The summed E-state index contributed by atoms with van der Waals surface area (Å²) in [4.78, 5) is 11.4. The van der Waals surface area contributed by atoms with Crippen LogP contribution in [0, 0.1) is 6.92 Å². The number of hydrogen-bond acceptors (Lipinski definition) is 3. The van der Waals surface area contributed by atoms with E-state index in [1.165, 1.54) is 11.3 Å². The van der Waals surface area contributed by atoms with Crippen molar-refractivity contribution >= 4 is 11.3 Å². The fourth-order valence-corrected chi connectivity index (χ4v) is 1.90. The summed E-state index contributed by atoms with van der Waals surface area (Å²) in [5.41, 5.74) is 1.06. The van der Waals surface area contributed by atoms with Gasteiger partial charge in [-0.15, -0.1) is 0 Å². The molecule has 1 aromatic rings. The number of nitrogens with zero attached hydrogens (tertiary/aromatic N) is 1. The Balaban J connectivity index is 2.50. The molecule has 0 fully saturated rings. The van der Waals surface area contributed by atoms with Gasteiger partial charge in [-0.2, -0.15) is 0 Å². The Morgan fingerprint density at radius 1 is 1.62 bits per heavy atom. The largest absolute Gasteiger partial charge is 0.313 e. The van der Waals surface area contributed by atoms with Crippen LogP contribution in [-0.2, 0) is 6.54 Å². The van der Waals surface area contributed by atoms with Crippen LogP contribution < -0.4 is 10.2 Å². The molecule has 1 aromatic heterocycles. The normalized spacial score (nSPS) is 11.1. The molecule has 3 nitrogen and oxygen atoms in total. The van der Waals surface area contributed by atoms with Crippen molar-refractivity contribution in [2.75, 3.05) is 6.54 Å². The van der Waals surface area contributed by atoms with Gasteiger partial charge in [-0.05, 0) is 6.92 Å². The van der Waals surface area contributed by atoms with Crippen LogP contribution in [-0.4, -0.2) is 17.2 Å². The molecule has 0 aromatic carbocycles. The first-order valence-corrected chi connectivity index (χ1v) is 5.37. The van der Waals surface area contributed by atoms with Gasteiger partial charge in [0.25, 0.3) is 0 Å². The van der Waals surface area contributed by atoms with Crippen molar-refractivity contribution in [2.45, 2.75) is 33.4 Å². The van der Waals surface area contributed by atoms with E-state index in [-0.39, 0.29) is 4.87 Å². The van der Waals surface area contributed by atoms with Crippen molar-refractivity contribution < 1.29 is 0 Å². The zero-order valence-corrected chi connectivity index (χ0v) is 9.15. The van der Waals surface area contributed by atoms with Crippen molar-refractivity contribution in [3.63, 3.8) is 0 Å². The summed E-state index contributed by atoms with van der Waals surface area (Å²) >= 11 is 1.27. The zero-order chi connectivity index (χ0) is 9.84. The molecule has 1 rings (SSSR count). The first-order chi connectivity index (χ1) is 6.11. The van der Waals surface area contributed by atoms with Crippen molar-refractivity contribution in [1.82, 2.24) is 9.88 Å². The molecule has 4 heteroatoms. The maximum atomic E-state index is 11.3. The van der Waals surface area contributed by atoms with Gasteiger partial charge in [0.2, 0.25) is 0 Å². The molecule has 0 spiro atoms. The van der Waals surface area contributed by atoms with Gasteiger partial charge < -0.3 is 9.88 Å². The maximum Gasteiger partial charge on any atom is 0.307 e. The highest BCUT2D eigenvalue weighted by atomic mass is 32.1. The molecular formula is C9H16N2OS. The Morgan fingerprint density at radius 3 is 2.77 bits per heavy atom. The van der Waals surface area contributed by atoms with E-state index < -0.39 is 0 Å². The predicted octanol–water partition coefficient (Wildman–Crippen LogP) is 1.22. The molecule has 0 aliphatic rings. The summed E-state index contributed by atoms with van der Waals surface area (Å²) in [6.45, 7) is 7.79. The monoisotopic (exact) mass is 200 g/mol. The molecule has 0 radical (unpaired) electrons. The second kappa shape index (κ2) is 4.58. The second-order valence-electron chi connectivity index (χ2n) is 3.40. The van der Waals surface area contributed by atoms with Crippen molar-refractivity contribution in [2.24, 2.45) is 0 Å². The summed E-state index contributed by atoms with van der Waals surface area (Å²) in [5.74, 6) is 0. The highest BCUT2D eigenvalue weighted by Gasteiger charge is 2.01. The van der Waals surface area contributed by atoms with Crippen LogP contribution in [0.25, 0.3) is 0 Å². The number of hydrogen-bond donors (Lipinski definition) is 1. The minimum Gasteiger partial charge on any atom is -0.313 e. The fourth-order valence-electron chi connectivity index (χ4n) is 1.14. The topological polar surface area (TPSA) is 34.0 Å². The molecule has 74 valence electrons. The number of thiazole rings is 1.